The van der Waals surface area contributed by atoms with Gasteiger partial charge in [-0.3, -0.25) is 14.4 Å². The fourth-order valence-electron chi connectivity index (χ4n) is 1.96. The molecule has 1 aromatic carbocycles. The van der Waals surface area contributed by atoms with Gasteiger partial charge in [0.15, 0.2) is 12.4 Å². The van der Waals surface area contributed by atoms with Gasteiger partial charge in [-0.1, -0.05) is 30.3 Å². The van der Waals surface area contributed by atoms with E-state index in [0.29, 0.717) is 6.42 Å². The molecule has 24 heavy (non-hydrogen) atoms. The highest BCUT2D eigenvalue weighted by molar-refractivity contribution is 5.88. The fourth-order valence-corrected chi connectivity index (χ4v) is 1.96. The molecule has 0 saturated heterocycles. The summed E-state index contributed by atoms with van der Waals surface area (Å²) in [6.45, 7) is 0.734. The lowest BCUT2D eigenvalue weighted by Gasteiger charge is -2.16. The van der Waals surface area contributed by atoms with Gasteiger partial charge in [-0.25, -0.2) is 4.68 Å². The van der Waals surface area contributed by atoms with E-state index in [1.807, 2.05) is 30.3 Å². The quantitative estimate of drug-likeness (QED) is 0.650. The number of carbonyl (C=O) groups is 3. The third-order valence-electron chi connectivity index (χ3n) is 3.16. The van der Waals surface area contributed by atoms with Crippen molar-refractivity contribution in [3.63, 3.8) is 0 Å². The number of hydrogen-bond donors (Lipinski definition) is 1. The molecular formula is C15H17N5O4. The Bertz CT molecular complexity index is 687. The standard InChI is InChI=1S/C15H17N5O4/c1-11(21)13(7-12-5-3-2-4-6-12)17-14(22)9-24-15(23)8-20-10-16-18-19-20/h2-6,10,13H,7-9H2,1H3,(H,17,22)/t13-/m0/s1. The Balaban J connectivity index is 1.80. The molecule has 0 aliphatic carbocycles. The molecule has 2 rings (SSSR count). The zero-order valence-corrected chi connectivity index (χ0v) is 13.1. The Morgan fingerprint density at radius 3 is 2.62 bits per heavy atom. The van der Waals surface area contributed by atoms with Crippen LogP contribution in [0.4, 0.5) is 0 Å². The van der Waals surface area contributed by atoms with Gasteiger partial charge in [-0.05, 0) is 29.3 Å². The third kappa shape index (κ3) is 5.59. The fraction of sp³-hybridized carbons (Fsp3) is 0.333. The van der Waals surface area contributed by atoms with Crippen LogP contribution in [-0.2, 0) is 32.1 Å². The van der Waals surface area contributed by atoms with Crippen molar-refractivity contribution in [2.45, 2.75) is 25.9 Å². The summed E-state index contributed by atoms with van der Waals surface area (Å²) in [7, 11) is 0. The monoisotopic (exact) mass is 331 g/mol. The van der Waals surface area contributed by atoms with Crippen molar-refractivity contribution in [2.75, 3.05) is 6.61 Å². The molecule has 1 N–H and O–H groups in total. The van der Waals surface area contributed by atoms with Crippen molar-refractivity contribution in [3.05, 3.63) is 42.2 Å². The predicted molar refractivity (Wildman–Crippen MR) is 81.5 cm³/mol. The molecule has 0 radical (unpaired) electrons. The molecule has 126 valence electrons. The lowest BCUT2D eigenvalue weighted by molar-refractivity contribution is -0.149. The second-order valence-electron chi connectivity index (χ2n) is 5.09. The molecule has 0 saturated carbocycles. The number of nitrogens with one attached hydrogen (secondary N) is 1. The molecule has 0 bridgehead atoms. The smallest absolute Gasteiger partial charge is 0.328 e. The zero-order valence-electron chi connectivity index (χ0n) is 13.1. The van der Waals surface area contributed by atoms with Crippen LogP contribution in [0.25, 0.3) is 0 Å². The van der Waals surface area contributed by atoms with Crippen LogP contribution in [0.3, 0.4) is 0 Å². The first-order chi connectivity index (χ1) is 11.5. The van der Waals surface area contributed by atoms with Crippen LogP contribution in [0.1, 0.15) is 12.5 Å². The van der Waals surface area contributed by atoms with Crippen molar-refractivity contribution in [1.29, 1.82) is 0 Å². The summed E-state index contributed by atoms with van der Waals surface area (Å²) >= 11 is 0. The van der Waals surface area contributed by atoms with E-state index in [1.54, 1.807) is 0 Å². The van der Waals surface area contributed by atoms with E-state index in [4.69, 9.17) is 4.74 Å². The summed E-state index contributed by atoms with van der Waals surface area (Å²) in [5.41, 5.74) is 0.925. The molecule has 1 aromatic heterocycles. The van der Waals surface area contributed by atoms with E-state index in [9.17, 15) is 14.4 Å². The lowest BCUT2D eigenvalue weighted by Crippen LogP contribution is -2.43. The summed E-state index contributed by atoms with van der Waals surface area (Å²) in [5, 5.41) is 12.8. The number of Topliss-reactive ketones (excluding diaryl/α,β-unsaturated/α-hetero) is 1. The molecule has 1 atom stereocenters. The minimum absolute atomic E-state index is 0.174. The maximum absolute atomic E-state index is 11.9. The third-order valence-corrected chi connectivity index (χ3v) is 3.16. The first-order valence-electron chi connectivity index (χ1n) is 7.24. The number of nitrogens with zero attached hydrogens (tertiary/aromatic N) is 4. The largest absolute Gasteiger partial charge is 0.454 e. The molecule has 0 unspecified atom stereocenters. The number of aromatic nitrogens is 4. The summed E-state index contributed by atoms with van der Waals surface area (Å²) in [6.07, 6.45) is 1.63. The van der Waals surface area contributed by atoms with E-state index in [0.717, 1.165) is 5.56 Å². The molecular weight excluding hydrogens is 314 g/mol. The Morgan fingerprint density at radius 1 is 1.25 bits per heavy atom. The second kappa shape index (κ2) is 8.51. The number of esters is 1. The van der Waals surface area contributed by atoms with Gasteiger partial charge in [0.25, 0.3) is 5.91 Å². The van der Waals surface area contributed by atoms with Crippen LogP contribution in [-0.4, -0.2) is 50.5 Å². The van der Waals surface area contributed by atoms with Gasteiger partial charge < -0.3 is 10.1 Å². The minimum Gasteiger partial charge on any atom is -0.454 e. The van der Waals surface area contributed by atoms with Gasteiger partial charge in [-0.2, -0.15) is 0 Å². The second-order valence-corrected chi connectivity index (χ2v) is 5.09. The number of carbonyl (C=O) groups excluding carboxylic acids is 3. The Hall–Kier alpha value is -3.10. The molecule has 9 nitrogen and oxygen atoms in total. The van der Waals surface area contributed by atoms with Gasteiger partial charge in [0.1, 0.15) is 12.9 Å². The number of amides is 1. The molecule has 1 amide bonds. The Morgan fingerprint density at radius 2 is 2.00 bits per heavy atom. The van der Waals surface area contributed by atoms with Crippen molar-refractivity contribution in [1.82, 2.24) is 25.5 Å². The summed E-state index contributed by atoms with van der Waals surface area (Å²) in [6, 6.07) is 8.65. The van der Waals surface area contributed by atoms with Crippen molar-refractivity contribution in [3.8, 4) is 0 Å². The van der Waals surface area contributed by atoms with Crippen molar-refractivity contribution in [2.24, 2.45) is 0 Å². The summed E-state index contributed by atoms with van der Waals surface area (Å²) in [4.78, 5) is 35.1. The van der Waals surface area contributed by atoms with Crippen molar-refractivity contribution >= 4 is 17.7 Å². The maximum atomic E-state index is 11.9. The minimum atomic E-state index is -0.668. The number of rotatable bonds is 8. The normalized spacial score (nSPS) is 11.5. The van der Waals surface area contributed by atoms with Crippen LogP contribution in [0.2, 0.25) is 0 Å². The van der Waals surface area contributed by atoms with Crippen LogP contribution >= 0.6 is 0 Å². The molecule has 0 spiro atoms. The zero-order chi connectivity index (χ0) is 17.4. The topological polar surface area (TPSA) is 116 Å². The van der Waals surface area contributed by atoms with E-state index < -0.39 is 24.5 Å². The Kier molecular flexibility index (Phi) is 6.12. The highest BCUT2D eigenvalue weighted by Gasteiger charge is 2.18. The molecule has 0 aliphatic heterocycles. The summed E-state index contributed by atoms with van der Waals surface area (Å²) in [5.74, 6) is -1.37. The SMILES string of the molecule is CC(=O)[C@H](Cc1ccccc1)NC(=O)COC(=O)Cn1cnnn1. The molecule has 1 heterocycles. The molecule has 9 heteroatoms. The highest BCUT2D eigenvalue weighted by atomic mass is 16.5. The van der Waals surface area contributed by atoms with Crippen LogP contribution in [0.15, 0.2) is 36.7 Å². The van der Waals surface area contributed by atoms with Gasteiger partial charge in [0, 0.05) is 0 Å². The van der Waals surface area contributed by atoms with Crippen LogP contribution < -0.4 is 5.32 Å². The van der Waals surface area contributed by atoms with E-state index >= 15 is 0 Å². The van der Waals surface area contributed by atoms with E-state index in [2.05, 4.69) is 20.8 Å². The van der Waals surface area contributed by atoms with Gasteiger partial charge in [-0.15, -0.1) is 5.10 Å². The predicted octanol–water partition coefficient (Wildman–Crippen LogP) is -0.467. The molecule has 0 fully saturated rings. The molecule has 0 aliphatic rings. The number of ether oxygens (including phenoxy) is 1. The van der Waals surface area contributed by atoms with Crippen molar-refractivity contribution < 1.29 is 19.1 Å². The molecule has 2 aromatic rings. The Labute approximate surface area is 138 Å². The number of tetrazole rings is 1. The van der Waals surface area contributed by atoms with Crippen LogP contribution in [0.5, 0.6) is 0 Å². The maximum Gasteiger partial charge on any atom is 0.328 e. The van der Waals surface area contributed by atoms with Crippen LogP contribution in [0, 0.1) is 0 Å². The first kappa shape index (κ1) is 17.3. The summed E-state index contributed by atoms with van der Waals surface area (Å²) < 4.78 is 6.00. The van der Waals surface area contributed by atoms with Gasteiger partial charge >= 0.3 is 5.97 Å². The highest BCUT2D eigenvalue weighted by Crippen LogP contribution is 2.04. The average molecular weight is 331 g/mol. The van der Waals surface area contributed by atoms with Gasteiger partial charge in [0.2, 0.25) is 0 Å². The number of hydrogen-bond acceptors (Lipinski definition) is 7. The van der Waals surface area contributed by atoms with E-state index in [1.165, 1.54) is 17.9 Å². The first-order valence-corrected chi connectivity index (χ1v) is 7.24. The number of ketones is 1. The van der Waals surface area contributed by atoms with Gasteiger partial charge in [0.05, 0.1) is 6.04 Å². The number of benzene rings is 1. The lowest BCUT2D eigenvalue weighted by atomic mass is 10.0. The van der Waals surface area contributed by atoms with E-state index in [-0.39, 0.29) is 12.3 Å². The average Bonchev–Trinajstić information content (AvgIpc) is 3.06.